The Morgan fingerprint density at radius 3 is 2.82 bits per heavy atom. The molecular formula is C15H16FN3O2S. The first-order valence-corrected chi connectivity index (χ1v) is 8.00. The van der Waals surface area contributed by atoms with Crippen molar-refractivity contribution in [3.05, 3.63) is 41.8 Å². The van der Waals surface area contributed by atoms with Crippen molar-refractivity contribution >= 4 is 23.7 Å². The third-order valence-electron chi connectivity index (χ3n) is 3.12. The largest absolute Gasteiger partial charge is 0.461 e. The van der Waals surface area contributed by atoms with Crippen molar-refractivity contribution in [2.75, 3.05) is 11.3 Å². The molecule has 7 heteroatoms. The molecule has 0 unspecified atom stereocenters. The highest BCUT2D eigenvalue weighted by molar-refractivity contribution is 8.01. The normalized spacial score (nSPS) is 13.9. The zero-order valence-electron chi connectivity index (χ0n) is 12.1. The second-order valence-corrected chi connectivity index (χ2v) is 6.05. The number of esters is 1. The number of nitrogens with one attached hydrogen (secondary N) is 1. The summed E-state index contributed by atoms with van der Waals surface area (Å²) >= 11 is 1.60. The van der Waals surface area contributed by atoms with Gasteiger partial charge in [-0.15, -0.1) is 5.10 Å². The van der Waals surface area contributed by atoms with E-state index in [1.807, 2.05) is 0 Å². The summed E-state index contributed by atoms with van der Waals surface area (Å²) in [6, 6.07) is 7.46. The molecule has 1 N–H and O–H groups in total. The molecule has 1 fully saturated rings. The van der Waals surface area contributed by atoms with Gasteiger partial charge in [-0.3, -0.25) is 0 Å². The molecule has 1 aromatic carbocycles. The first kappa shape index (κ1) is 14.9. The Labute approximate surface area is 132 Å². The highest BCUT2D eigenvalue weighted by Gasteiger charge is 2.23. The molecule has 0 atom stereocenters. The Morgan fingerprint density at radius 2 is 2.18 bits per heavy atom. The van der Waals surface area contributed by atoms with E-state index in [4.69, 9.17) is 4.74 Å². The Bertz CT molecular complexity index is 668. The summed E-state index contributed by atoms with van der Waals surface area (Å²) in [6.07, 6.45) is 2.39. The Hall–Kier alpha value is -2.02. The van der Waals surface area contributed by atoms with Crippen molar-refractivity contribution < 1.29 is 13.9 Å². The number of benzene rings is 1. The van der Waals surface area contributed by atoms with E-state index in [-0.39, 0.29) is 12.4 Å². The average Bonchev–Trinajstić information content (AvgIpc) is 3.24. The van der Waals surface area contributed by atoms with Gasteiger partial charge in [0.15, 0.2) is 11.5 Å². The first-order chi connectivity index (χ1) is 10.7. The van der Waals surface area contributed by atoms with Gasteiger partial charge in [0.1, 0.15) is 5.82 Å². The second kappa shape index (κ2) is 6.39. The lowest BCUT2D eigenvalue weighted by atomic mass is 10.3. The van der Waals surface area contributed by atoms with E-state index < -0.39 is 5.97 Å². The predicted octanol–water partition coefficient (Wildman–Crippen LogP) is 3.41. The fourth-order valence-electron chi connectivity index (χ4n) is 1.89. The number of nitrogens with zero attached hydrogens (tertiary/aromatic N) is 2. The van der Waals surface area contributed by atoms with E-state index in [0.717, 1.165) is 0 Å². The van der Waals surface area contributed by atoms with Crippen molar-refractivity contribution in [2.24, 2.45) is 0 Å². The summed E-state index contributed by atoms with van der Waals surface area (Å²) in [6.45, 7) is 2.03. The third kappa shape index (κ3) is 3.41. The lowest BCUT2D eigenvalue weighted by Gasteiger charge is -2.06. The van der Waals surface area contributed by atoms with Gasteiger partial charge in [-0.2, -0.15) is 0 Å². The van der Waals surface area contributed by atoms with Crippen LogP contribution in [0.5, 0.6) is 0 Å². The number of ether oxygens (including phenoxy) is 1. The summed E-state index contributed by atoms with van der Waals surface area (Å²) in [5.74, 6) is -0.204. The van der Waals surface area contributed by atoms with Crippen molar-refractivity contribution in [3.8, 4) is 5.69 Å². The molecule has 0 saturated heterocycles. The van der Waals surface area contributed by atoms with Gasteiger partial charge in [0.05, 0.1) is 12.3 Å². The van der Waals surface area contributed by atoms with Gasteiger partial charge < -0.3 is 9.46 Å². The molecule has 3 rings (SSSR count). The molecule has 0 amide bonds. The maximum Gasteiger partial charge on any atom is 0.357 e. The van der Waals surface area contributed by atoms with Crippen LogP contribution >= 0.6 is 11.9 Å². The number of hydrogen-bond acceptors (Lipinski definition) is 5. The molecule has 0 aliphatic heterocycles. The van der Waals surface area contributed by atoms with Crippen molar-refractivity contribution in [1.82, 2.24) is 9.78 Å². The zero-order valence-corrected chi connectivity index (χ0v) is 12.9. The number of halogens is 1. The van der Waals surface area contributed by atoms with Gasteiger partial charge >= 0.3 is 5.97 Å². The fourth-order valence-corrected chi connectivity index (χ4v) is 2.65. The van der Waals surface area contributed by atoms with Crippen LogP contribution in [0.3, 0.4) is 0 Å². The predicted molar refractivity (Wildman–Crippen MR) is 83.7 cm³/mol. The van der Waals surface area contributed by atoms with Gasteiger partial charge in [-0.1, -0.05) is 0 Å². The van der Waals surface area contributed by atoms with Gasteiger partial charge in [0.25, 0.3) is 0 Å². The van der Waals surface area contributed by atoms with Crippen LogP contribution in [0, 0.1) is 5.82 Å². The van der Waals surface area contributed by atoms with Crippen LogP contribution in [0.2, 0.25) is 0 Å². The molecule has 5 nitrogen and oxygen atoms in total. The Kier molecular flexibility index (Phi) is 4.33. The van der Waals surface area contributed by atoms with E-state index >= 15 is 0 Å². The van der Waals surface area contributed by atoms with Crippen LogP contribution in [-0.4, -0.2) is 27.6 Å². The maximum absolute atomic E-state index is 13.1. The van der Waals surface area contributed by atoms with Crippen molar-refractivity contribution in [3.63, 3.8) is 0 Å². The molecule has 22 heavy (non-hydrogen) atoms. The minimum atomic E-state index is -0.455. The van der Waals surface area contributed by atoms with Crippen molar-refractivity contribution in [2.45, 2.75) is 25.0 Å². The smallest absolute Gasteiger partial charge is 0.357 e. The van der Waals surface area contributed by atoms with Crippen LogP contribution in [-0.2, 0) is 4.74 Å². The topological polar surface area (TPSA) is 56.1 Å². The fraction of sp³-hybridized carbons (Fsp3) is 0.333. The van der Waals surface area contributed by atoms with E-state index in [2.05, 4.69) is 9.82 Å². The SMILES string of the molecule is CCOC(=O)c1cc(NSC2CC2)nn1-c1ccc(F)cc1. The summed E-state index contributed by atoms with van der Waals surface area (Å²) in [4.78, 5) is 12.1. The molecule has 0 radical (unpaired) electrons. The lowest BCUT2D eigenvalue weighted by molar-refractivity contribution is 0.0516. The van der Waals surface area contributed by atoms with Crippen LogP contribution in [0.25, 0.3) is 5.69 Å². The molecule has 0 bridgehead atoms. The van der Waals surface area contributed by atoms with Gasteiger partial charge in [0, 0.05) is 11.3 Å². The Morgan fingerprint density at radius 1 is 1.45 bits per heavy atom. The van der Waals surface area contributed by atoms with E-state index in [9.17, 15) is 9.18 Å². The van der Waals surface area contributed by atoms with Gasteiger partial charge in [-0.05, 0) is 56.0 Å². The van der Waals surface area contributed by atoms with E-state index in [1.165, 1.54) is 29.7 Å². The van der Waals surface area contributed by atoms with Crippen LogP contribution in [0.4, 0.5) is 10.2 Å². The quantitative estimate of drug-likeness (QED) is 0.653. The number of carbonyl (C=O) groups excluding carboxylic acids is 1. The lowest BCUT2D eigenvalue weighted by Crippen LogP contribution is -2.11. The third-order valence-corrected chi connectivity index (χ3v) is 4.25. The van der Waals surface area contributed by atoms with E-state index in [0.29, 0.717) is 22.4 Å². The highest BCUT2D eigenvalue weighted by Crippen LogP contribution is 2.34. The molecule has 1 heterocycles. The minimum Gasteiger partial charge on any atom is -0.461 e. The molecule has 2 aromatic rings. The summed E-state index contributed by atoms with van der Waals surface area (Å²) in [7, 11) is 0. The van der Waals surface area contributed by atoms with Crippen LogP contribution < -0.4 is 4.72 Å². The molecule has 1 saturated carbocycles. The molecule has 1 aliphatic rings. The molecule has 0 spiro atoms. The Balaban J connectivity index is 1.89. The number of anilines is 1. The summed E-state index contributed by atoms with van der Waals surface area (Å²) < 4.78 is 22.7. The monoisotopic (exact) mass is 321 g/mol. The van der Waals surface area contributed by atoms with Gasteiger partial charge in [-0.25, -0.2) is 13.9 Å². The molecule has 1 aliphatic carbocycles. The number of aromatic nitrogens is 2. The molecule has 1 aromatic heterocycles. The van der Waals surface area contributed by atoms with Crippen LogP contribution in [0.1, 0.15) is 30.3 Å². The van der Waals surface area contributed by atoms with Gasteiger partial charge in [0.2, 0.25) is 0 Å². The van der Waals surface area contributed by atoms with E-state index in [1.54, 1.807) is 37.1 Å². The van der Waals surface area contributed by atoms with Crippen LogP contribution in [0.15, 0.2) is 30.3 Å². The maximum atomic E-state index is 13.1. The number of rotatable bonds is 6. The summed E-state index contributed by atoms with van der Waals surface area (Å²) in [5.41, 5.74) is 0.918. The minimum absolute atomic E-state index is 0.285. The second-order valence-electron chi connectivity index (χ2n) is 4.94. The number of hydrogen-bond donors (Lipinski definition) is 1. The molecule has 116 valence electrons. The highest BCUT2D eigenvalue weighted by atomic mass is 32.2. The zero-order chi connectivity index (χ0) is 15.5. The average molecular weight is 321 g/mol. The molecular weight excluding hydrogens is 305 g/mol. The standard InChI is InChI=1S/C15H16FN3O2S/c1-2-21-15(20)13-9-14(18-22-12-7-8-12)17-19(13)11-5-3-10(16)4-6-11/h3-6,9,12H,2,7-8H2,1H3,(H,17,18). The first-order valence-electron chi connectivity index (χ1n) is 7.12. The summed E-state index contributed by atoms with van der Waals surface area (Å²) in [5, 5.41) is 4.99. The number of carbonyl (C=O) groups is 1. The van der Waals surface area contributed by atoms with Crippen molar-refractivity contribution in [1.29, 1.82) is 0 Å².